The van der Waals surface area contributed by atoms with Crippen LogP contribution in [0.15, 0.2) is 0 Å². The van der Waals surface area contributed by atoms with Crippen LogP contribution in [0.5, 0.6) is 0 Å². The Morgan fingerprint density at radius 2 is 1.88 bits per heavy atom. The van der Waals surface area contributed by atoms with Gasteiger partial charge in [-0.05, 0) is 52.6 Å². The minimum atomic E-state index is -0.417. The van der Waals surface area contributed by atoms with Crippen molar-refractivity contribution in [2.75, 3.05) is 32.8 Å². The van der Waals surface area contributed by atoms with Gasteiger partial charge in [0.05, 0.1) is 18.3 Å². The van der Waals surface area contributed by atoms with Gasteiger partial charge in [-0.15, -0.1) is 0 Å². The Kier molecular flexibility index (Phi) is 5.86. The van der Waals surface area contributed by atoms with Crippen molar-refractivity contribution >= 4 is 0 Å². The van der Waals surface area contributed by atoms with Crippen LogP contribution in [0.1, 0.15) is 33.6 Å². The molecule has 1 heterocycles. The smallest absolute Gasteiger partial charge is 0.0900 e. The number of hydrogen-bond donors (Lipinski definition) is 2. The van der Waals surface area contributed by atoms with Crippen LogP contribution >= 0.6 is 0 Å². The van der Waals surface area contributed by atoms with E-state index in [1.54, 1.807) is 0 Å². The fourth-order valence-electron chi connectivity index (χ4n) is 2.05. The molecule has 1 atom stereocenters. The first kappa shape index (κ1) is 14.9. The molecule has 4 heteroatoms. The van der Waals surface area contributed by atoms with Crippen LogP contribution in [0.25, 0.3) is 0 Å². The Hall–Kier alpha value is -0.160. The van der Waals surface area contributed by atoms with Crippen LogP contribution in [0.3, 0.4) is 0 Å². The third-order valence-electron chi connectivity index (χ3n) is 3.14. The molecule has 17 heavy (non-hydrogen) atoms. The van der Waals surface area contributed by atoms with Crippen LogP contribution in [-0.2, 0) is 4.74 Å². The van der Waals surface area contributed by atoms with Crippen LogP contribution < -0.4 is 0 Å². The number of likely N-dealkylation sites (tertiary alicyclic amines) is 1. The van der Waals surface area contributed by atoms with E-state index >= 15 is 0 Å². The molecular weight excluding hydrogens is 218 g/mol. The van der Waals surface area contributed by atoms with Gasteiger partial charge in [-0.25, -0.2) is 0 Å². The summed E-state index contributed by atoms with van der Waals surface area (Å²) < 4.78 is 5.56. The normalized spacial score (nSPS) is 21.7. The van der Waals surface area contributed by atoms with E-state index in [-0.39, 0.29) is 5.60 Å². The lowest BCUT2D eigenvalue weighted by molar-refractivity contribution is -0.0582. The molecule has 1 rings (SSSR count). The zero-order valence-electron chi connectivity index (χ0n) is 11.4. The molecule has 1 fully saturated rings. The fourth-order valence-corrected chi connectivity index (χ4v) is 2.05. The minimum Gasteiger partial charge on any atom is -0.396 e. The topological polar surface area (TPSA) is 52.9 Å². The minimum absolute atomic E-state index is 0.190. The summed E-state index contributed by atoms with van der Waals surface area (Å²) in [5.41, 5.74) is -0.190. The molecule has 0 aromatic carbocycles. The maximum atomic E-state index is 9.87. The molecule has 0 bridgehead atoms. The number of hydrogen-bond acceptors (Lipinski definition) is 4. The molecule has 2 N–H and O–H groups in total. The van der Waals surface area contributed by atoms with E-state index in [4.69, 9.17) is 9.84 Å². The Bertz CT molecular complexity index is 207. The molecule has 102 valence electrons. The third-order valence-corrected chi connectivity index (χ3v) is 3.14. The third kappa shape index (κ3) is 6.36. The van der Waals surface area contributed by atoms with Gasteiger partial charge in [0.15, 0.2) is 0 Å². The largest absolute Gasteiger partial charge is 0.396 e. The zero-order chi connectivity index (χ0) is 12.9. The number of rotatable bonds is 5. The van der Waals surface area contributed by atoms with Gasteiger partial charge >= 0.3 is 0 Å². The molecule has 1 unspecified atom stereocenters. The van der Waals surface area contributed by atoms with Crippen molar-refractivity contribution in [2.24, 2.45) is 5.92 Å². The molecule has 0 amide bonds. The van der Waals surface area contributed by atoms with Gasteiger partial charge < -0.3 is 19.8 Å². The van der Waals surface area contributed by atoms with Gasteiger partial charge in [0, 0.05) is 13.2 Å². The highest BCUT2D eigenvalue weighted by Crippen LogP contribution is 2.16. The van der Waals surface area contributed by atoms with Crippen LogP contribution in [0, 0.1) is 5.92 Å². The molecular formula is C13H27NO3. The van der Waals surface area contributed by atoms with Crippen molar-refractivity contribution in [3.8, 4) is 0 Å². The fraction of sp³-hybridized carbons (Fsp3) is 1.00. The Morgan fingerprint density at radius 3 is 2.35 bits per heavy atom. The number of nitrogens with zero attached hydrogens (tertiary/aromatic N) is 1. The molecule has 0 spiro atoms. The predicted molar refractivity (Wildman–Crippen MR) is 68.0 cm³/mol. The highest BCUT2D eigenvalue weighted by molar-refractivity contribution is 4.74. The first-order valence-electron chi connectivity index (χ1n) is 6.56. The summed E-state index contributed by atoms with van der Waals surface area (Å²) in [5.74, 6) is 0.453. The lowest BCUT2D eigenvalue weighted by Gasteiger charge is -2.32. The summed E-state index contributed by atoms with van der Waals surface area (Å²) in [6.45, 7) is 9.28. The van der Waals surface area contributed by atoms with Crippen LogP contribution in [0.4, 0.5) is 0 Å². The van der Waals surface area contributed by atoms with E-state index < -0.39 is 6.10 Å². The second kappa shape index (κ2) is 6.69. The van der Waals surface area contributed by atoms with Gasteiger partial charge in [0.1, 0.15) is 0 Å². The highest BCUT2D eigenvalue weighted by Gasteiger charge is 2.21. The second-order valence-electron chi connectivity index (χ2n) is 6.00. The lowest BCUT2D eigenvalue weighted by Crippen LogP contribution is -2.41. The molecule has 1 saturated heterocycles. The number of piperidine rings is 1. The van der Waals surface area contributed by atoms with E-state index in [0.717, 1.165) is 25.9 Å². The molecule has 0 aromatic heterocycles. The van der Waals surface area contributed by atoms with Crippen molar-refractivity contribution in [1.29, 1.82) is 0 Å². The lowest BCUT2D eigenvalue weighted by atomic mass is 9.98. The van der Waals surface area contributed by atoms with Gasteiger partial charge in [0.2, 0.25) is 0 Å². The summed E-state index contributed by atoms with van der Waals surface area (Å²) in [6.07, 6.45) is 1.65. The first-order valence-corrected chi connectivity index (χ1v) is 6.56. The number of aliphatic hydroxyl groups is 2. The highest BCUT2D eigenvalue weighted by atomic mass is 16.5. The summed E-state index contributed by atoms with van der Waals surface area (Å²) in [6, 6.07) is 0. The van der Waals surface area contributed by atoms with Gasteiger partial charge in [-0.1, -0.05) is 0 Å². The second-order valence-corrected chi connectivity index (χ2v) is 6.00. The number of ether oxygens (including phenoxy) is 1. The van der Waals surface area contributed by atoms with Crippen molar-refractivity contribution in [3.05, 3.63) is 0 Å². The van der Waals surface area contributed by atoms with Crippen molar-refractivity contribution in [1.82, 2.24) is 4.90 Å². The van der Waals surface area contributed by atoms with Gasteiger partial charge in [0.25, 0.3) is 0 Å². The standard InChI is InChI=1S/C13H27NO3/c1-13(2,3)17-10-12(16)8-14-6-4-11(9-15)5-7-14/h11-12,15-16H,4-10H2,1-3H3. The SMILES string of the molecule is CC(C)(C)OCC(O)CN1CCC(CO)CC1. The van der Waals surface area contributed by atoms with Crippen molar-refractivity contribution < 1.29 is 14.9 Å². The molecule has 0 saturated carbocycles. The van der Waals surface area contributed by atoms with E-state index in [2.05, 4.69) is 4.90 Å². The molecule has 0 aliphatic carbocycles. The van der Waals surface area contributed by atoms with E-state index in [0.29, 0.717) is 25.7 Å². The summed E-state index contributed by atoms with van der Waals surface area (Å²) in [5, 5.41) is 18.9. The average Bonchev–Trinajstić information content (AvgIpc) is 2.27. The van der Waals surface area contributed by atoms with Crippen molar-refractivity contribution in [3.63, 3.8) is 0 Å². The Balaban J connectivity index is 2.17. The van der Waals surface area contributed by atoms with E-state index in [1.165, 1.54) is 0 Å². The molecule has 4 nitrogen and oxygen atoms in total. The van der Waals surface area contributed by atoms with Crippen LogP contribution in [0.2, 0.25) is 0 Å². The first-order chi connectivity index (χ1) is 7.90. The maximum Gasteiger partial charge on any atom is 0.0900 e. The zero-order valence-corrected chi connectivity index (χ0v) is 11.4. The maximum absolute atomic E-state index is 9.87. The number of aliphatic hydroxyl groups excluding tert-OH is 2. The van der Waals surface area contributed by atoms with Gasteiger partial charge in [-0.2, -0.15) is 0 Å². The molecule has 1 aliphatic rings. The predicted octanol–water partition coefficient (Wildman–Crippen LogP) is 0.867. The Morgan fingerprint density at radius 1 is 1.29 bits per heavy atom. The van der Waals surface area contributed by atoms with E-state index in [1.807, 2.05) is 20.8 Å². The monoisotopic (exact) mass is 245 g/mol. The quantitative estimate of drug-likeness (QED) is 0.754. The Labute approximate surface area is 105 Å². The molecule has 0 radical (unpaired) electrons. The van der Waals surface area contributed by atoms with Crippen LogP contribution in [-0.4, -0.2) is 59.7 Å². The summed E-state index contributed by atoms with van der Waals surface area (Å²) in [4.78, 5) is 2.25. The molecule has 0 aromatic rings. The van der Waals surface area contributed by atoms with E-state index in [9.17, 15) is 5.11 Å². The van der Waals surface area contributed by atoms with Crippen molar-refractivity contribution in [2.45, 2.75) is 45.3 Å². The summed E-state index contributed by atoms with van der Waals surface area (Å²) in [7, 11) is 0. The molecule has 1 aliphatic heterocycles. The number of β-amino-alcohol motifs (C(OH)–C–C–N with tert-alkyl or cyclic N) is 1. The van der Waals surface area contributed by atoms with Gasteiger partial charge in [-0.3, -0.25) is 0 Å². The summed E-state index contributed by atoms with van der Waals surface area (Å²) >= 11 is 0. The average molecular weight is 245 g/mol.